The first-order chi connectivity index (χ1) is 9.60. The van der Waals surface area contributed by atoms with Crippen molar-refractivity contribution in [3.63, 3.8) is 0 Å². The summed E-state index contributed by atoms with van der Waals surface area (Å²) in [5.74, 6) is 0.721. The van der Waals surface area contributed by atoms with Crippen molar-refractivity contribution in [2.75, 3.05) is 11.1 Å². The monoisotopic (exact) mass is 291 g/mol. The van der Waals surface area contributed by atoms with Crippen LogP contribution in [0.5, 0.6) is 5.75 Å². The van der Waals surface area contributed by atoms with Crippen LogP contribution in [0.3, 0.4) is 0 Å². The van der Waals surface area contributed by atoms with Gasteiger partial charge in [0.1, 0.15) is 10.8 Å². The van der Waals surface area contributed by atoms with Gasteiger partial charge in [-0.25, -0.2) is 4.98 Å². The number of nitrogen functional groups attached to an aromatic ring is 1. The molecule has 20 heavy (non-hydrogen) atoms. The van der Waals surface area contributed by atoms with E-state index in [2.05, 4.69) is 17.2 Å². The zero-order valence-corrected chi connectivity index (χ0v) is 12.9. The van der Waals surface area contributed by atoms with Crippen LogP contribution in [-0.4, -0.2) is 11.1 Å². The highest BCUT2D eigenvalue weighted by atomic mass is 32.1. The number of thiazole rings is 1. The van der Waals surface area contributed by atoms with Crippen molar-refractivity contribution in [1.82, 2.24) is 4.98 Å². The molecule has 0 saturated heterocycles. The fourth-order valence-electron chi connectivity index (χ4n) is 1.93. The third kappa shape index (κ3) is 3.63. The predicted molar refractivity (Wildman–Crippen MR) is 85.4 cm³/mol. The molecule has 0 radical (unpaired) electrons. The third-order valence-electron chi connectivity index (χ3n) is 2.87. The molecule has 2 aromatic rings. The van der Waals surface area contributed by atoms with E-state index in [0.29, 0.717) is 5.69 Å². The lowest BCUT2D eigenvalue weighted by Crippen LogP contribution is -2.11. The normalized spacial score (nSPS) is 12.4. The first-order valence-electron chi connectivity index (χ1n) is 6.82. The molecule has 0 saturated carbocycles. The lowest BCUT2D eigenvalue weighted by molar-refractivity contribution is 0.244. The molecule has 0 amide bonds. The fourth-order valence-corrected chi connectivity index (χ4v) is 2.70. The summed E-state index contributed by atoms with van der Waals surface area (Å²) in [6.07, 6.45) is 2.91. The Labute approximate surface area is 124 Å². The number of ether oxygens (including phenoxy) is 1. The van der Waals surface area contributed by atoms with Gasteiger partial charge in [0.2, 0.25) is 0 Å². The van der Waals surface area contributed by atoms with E-state index >= 15 is 0 Å². The molecule has 3 N–H and O–H groups in total. The summed E-state index contributed by atoms with van der Waals surface area (Å²) >= 11 is 1.66. The van der Waals surface area contributed by atoms with Gasteiger partial charge in [-0.1, -0.05) is 6.92 Å². The number of benzene rings is 1. The minimum Gasteiger partial charge on any atom is -0.489 e. The average Bonchev–Trinajstić information content (AvgIpc) is 2.93. The fraction of sp³-hybridized carbons (Fsp3) is 0.400. The molecule has 1 aromatic heterocycles. The van der Waals surface area contributed by atoms with Crippen LogP contribution in [0.4, 0.5) is 11.4 Å². The average molecular weight is 291 g/mol. The number of hydrogen-bond acceptors (Lipinski definition) is 5. The van der Waals surface area contributed by atoms with Gasteiger partial charge in [0.05, 0.1) is 17.8 Å². The second-order valence-corrected chi connectivity index (χ2v) is 5.82. The van der Waals surface area contributed by atoms with Gasteiger partial charge in [-0.05, 0) is 32.4 Å². The molecule has 0 bridgehead atoms. The van der Waals surface area contributed by atoms with Crippen LogP contribution in [0.15, 0.2) is 29.8 Å². The maximum Gasteiger partial charge on any atom is 0.144 e. The summed E-state index contributed by atoms with van der Waals surface area (Å²) < 4.78 is 5.71. The molecule has 2 rings (SSSR count). The molecule has 1 unspecified atom stereocenters. The van der Waals surface area contributed by atoms with Crippen LogP contribution in [0.1, 0.15) is 38.2 Å². The summed E-state index contributed by atoms with van der Waals surface area (Å²) in [5, 5.41) is 6.57. The quantitative estimate of drug-likeness (QED) is 0.787. The molecule has 0 fully saturated rings. The molecule has 0 aliphatic heterocycles. The Hall–Kier alpha value is -1.75. The Morgan fingerprint density at radius 2 is 2.20 bits per heavy atom. The Morgan fingerprint density at radius 3 is 2.80 bits per heavy atom. The minimum atomic E-state index is 0.105. The van der Waals surface area contributed by atoms with Crippen molar-refractivity contribution in [1.29, 1.82) is 0 Å². The molecule has 0 spiro atoms. The van der Waals surface area contributed by atoms with E-state index < -0.39 is 0 Å². The molecule has 1 atom stereocenters. The first-order valence-corrected chi connectivity index (χ1v) is 7.70. The van der Waals surface area contributed by atoms with Gasteiger partial charge in [-0.2, -0.15) is 0 Å². The van der Waals surface area contributed by atoms with E-state index in [-0.39, 0.29) is 12.1 Å². The Morgan fingerprint density at radius 1 is 1.40 bits per heavy atom. The topological polar surface area (TPSA) is 60.2 Å². The zero-order chi connectivity index (χ0) is 14.5. The predicted octanol–water partition coefficient (Wildman–Crippen LogP) is 4.08. The first kappa shape index (κ1) is 14.7. The van der Waals surface area contributed by atoms with Gasteiger partial charge in [0.15, 0.2) is 0 Å². The molecule has 108 valence electrons. The van der Waals surface area contributed by atoms with E-state index in [1.807, 2.05) is 43.6 Å². The van der Waals surface area contributed by atoms with Crippen LogP contribution in [0, 0.1) is 0 Å². The van der Waals surface area contributed by atoms with Gasteiger partial charge >= 0.3 is 0 Å². The molecular weight excluding hydrogens is 270 g/mol. The number of rotatable bonds is 6. The number of nitrogens with two attached hydrogens (primary N) is 1. The molecule has 4 nitrogen and oxygen atoms in total. The molecule has 5 heteroatoms. The van der Waals surface area contributed by atoms with Crippen molar-refractivity contribution >= 4 is 22.7 Å². The highest BCUT2D eigenvalue weighted by molar-refractivity contribution is 7.09. The highest BCUT2D eigenvalue weighted by Crippen LogP contribution is 2.30. The maximum atomic E-state index is 5.93. The third-order valence-corrected chi connectivity index (χ3v) is 3.76. The van der Waals surface area contributed by atoms with Crippen molar-refractivity contribution in [3.05, 3.63) is 34.8 Å². The Kier molecular flexibility index (Phi) is 4.84. The Bertz CT molecular complexity index is 540. The number of aromatic nitrogens is 1. The van der Waals surface area contributed by atoms with Crippen LogP contribution in [0.25, 0.3) is 0 Å². The lowest BCUT2D eigenvalue weighted by atomic mass is 10.2. The number of nitrogens with zero attached hydrogens (tertiary/aromatic N) is 1. The second-order valence-electron chi connectivity index (χ2n) is 4.89. The van der Waals surface area contributed by atoms with Gasteiger partial charge in [-0.15, -0.1) is 11.3 Å². The van der Waals surface area contributed by atoms with Crippen LogP contribution in [0.2, 0.25) is 0 Å². The van der Waals surface area contributed by atoms with Gasteiger partial charge in [0, 0.05) is 23.3 Å². The van der Waals surface area contributed by atoms with Crippen LogP contribution >= 0.6 is 11.3 Å². The smallest absolute Gasteiger partial charge is 0.144 e. The van der Waals surface area contributed by atoms with Crippen molar-refractivity contribution in [3.8, 4) is 5.75 Å². The molecule has 1 aromatic carbocycles. The zero-order valence-electron chi connectivity index (χ0n) is 12.1. The van der Waals surface area contributed by atoms with E-state index in [1.165, 1.54) is 0 Å². The summed E-state index contributed by atoms with van der Waals surface area (Å²) in [4.78, 5) is 4.37. The van der Waals surface area contributed by atoms with E-state index in [4.69, 9.17) is 10.5 Å². The standard InChI is InChI=1S/C15H21N3OS/c1-4-13(15-17-7-8-20-15)18-11-5-6-12(16)14(9-11)19-10(2)3/h5-10,13,18H,4,16H2,1-3H3. The number of hydrogen-bond donors (Lipinski definition) is 2. The highest BCUT2D eigenvalue weighted by Gasteiger charge is 2.13. The van der Waals surface area contributed by atoms with Gasteiger partial charge < -0.3 is 15.8 Å². The molecule has 0 aliphatic carbocycles. The number of anilines is 2. The maximum absolute atomic E-state index is 5.93. The second kappa shape index (κ2) is 6.61. The van der Waals surface area contributed by atoms with E-state index in [1.54, 1.807) is 11.3 Å². The van der Waals surface area contributed by atoms with Crippen LogP contribution in [-0.2, 0) is 0 Å². The molecule has 0 aliphatic rings. The summed E-state index contributed by atoms with van der Waals surface area (Å²) in [5.41, 5.74) is 7.59. The lowest BCUT2D eigenvalue weighted by Gasteiger charge is -2.18. The van der Waals surface area contributed by atoms with Crippen molar-refractivity contribution in [2.45, 2.75) is 39.3 Å². The largest absolute Gasteiger partial charge is 0.489 e. The SMILES string of the molecule is CCC(Nc1ccc(N)c(OC(C)C)c1)c1nccs1. The van der Waals surface area contributed by atoms with E-state index in [0.717, 1.165) is 22.9 Å². The summed E-state index contributed by atoms with van der Waals surface area (Å²) in [6.45, 7) is 6.12. The van der Waals surface area contributed by atoms with Crippen molar-refractivity contribution in [2.24, 2.45) is 0 Å². The van der Waals surface area contributed by atoms with Crippen LogP contribution < -0.4 is 15.8 Å². The molecule has 1 heterocycles. The van der Waals surface area contributed by atoms with Gasteiger partial charge in [0.25, 0.3) is 0 Å². The van der Waals surface area contributed by atoms with E-state index in [9.17, 15) is 0 Å². The van der Waals surface area contributed by atoms with Gasteiger partial charge in [-0.3, -0.25) is 0 Å². The minimum absolute atomic E-state index is 0.105. The summed E-state index contributed by atoms with van der Waals surface area (Å²) in [6, 6.07) is 6.00. The number of nitrogens with one attached hydrogen (secondary N) is 1. The summed E-state index contributed by atoms with van der Waals surface area (Å²) in [7, 11) is 0. The van der Waals surface area contributed by atoms with Crippen molar-refractivity contribution < 1.29 is 4.74 Å². The Balaban J connectivity index is 2.16. The molecular formula is C15H21N3OS.